The molecule has 1 saturated carbocycles. The molecule has 2 fully saturated rings. The number of nitriles is 1. The van der Waals surface area contributed by atoms with Crippen LogP contribution in [0.3, 0.4) is 0 Å². The molecule has 3 aromatic heterocycles. The molecule has 4 aromatic rings. The highest BCUT2D eigenvalue weighted by atomic mass is 19.1. The second-order valence-corrected chi connectivity index (χ2v) is 9.47. The van der Waals surface area contributed by atoms with Gasteiger partial charge in [-0.1, -0.05) is 17.2 Å². The predicted molar refractivity (Wildman–Crippen MR) is 132 cm³/mol. The van der Waals surface area contributed by atoms with Gasteiger partial charge in [0.1, 0.15) is 0 Å². The zero-order valence-corrected chi connectivity index (χ0v) is 20.2. The molecule has 1 saturated heterocycles. The second-order valence-electron chi connectivity index (χ2n) is 9.47. The minimum absolute atomic E-state index is 0.203. The van der Waals surface area contributed by atoms with E-state index in [2.05, 4.69) is 36.5 Å². The van der Waals surface area contributed by atoms with Crippen molar-refractivity contribution in [2.24, 2.45) is 18.9 Å². The Bertz CT molecular complexity index is 1560. The van der Waals surface area contributed by atoms with Crippen LogP contribution in [0.25, 0.3) is 11.3 Å². The average Bonchev–Trinajstić information content (AvgIpc) is 3.21. The van der Waals surface area contributed by atoms with Crippen molar-refractivity contribution in [1.82, 2.24) is 34.7 Å². The molecule has 0 unspecified atom stereocenters. The number of fused-ring (bicyclic) bond motifs is 1. The van der Waals surface area contributed by atoms with Crippen molar-refractivity contribution in [3.63, 3.8) is 0 Å². The van der Waals surface area contributed by atoms with Crippen molar-refractivity contribution in [3.8, 4) is 17.3 Å². The molecule has 0 amide bonds. The molecule has 2 aliphatic rings. The molecule has 0 radical (unpaired) electrons. The van der Waals surface area contributed by atoms with Gasteiger partial charge >= 0.3 is 0 Å². The summed E-state index contributed by atoms with van der Waals surface area (Å²) in [4.78, 5) is 25.3. The van der Waals surface area contributed by atoms with Crippen molar-refractivity contribution in [2.75, 3.05) is 29.9 Å². The standard InChI is InChI=1S/C25H23FN10O/c1-33-22(37)9-21(17-7-8-28-11-20(17)26)29-24(33)34(2)23-18-13-35(14-19(18)23)25-30-31-32-36(25)12-16-5-3-15(10-27)4-6-16/h3-9,11,18-19,23H,12-14H2,1-2H3/t18-,19+,23+. The first-order chi connectivity index (χ1) is 17.9. The molecular formula is C25H23FN10O. The monoisotopic (exact) mass is 498 g/mol. The Labute approximate surface area is 211 Å². The Balaban J connectivity index is 1.18. The lowest BCUT2D eigenvalue weighted by Gasteiger charge is -2.26. The third-order valence-electron chi connectivity index (χ3n) is 7.28. The number of aromatic nitrogens is 7. The van der Waals surface area contributed by atoms with Gasteiger partial charge in [0.05, 0.1) is 30.1 Å². The van der Waals surface area contributed by atoms with Gasteiger partial charge in [0.25, 0.3) is 5.56 Å². The summed E-state index contributed by atoms with van der Waals surface area (Å²) in [6.07, 6.45) is 2.60. The van der Waals surface area contributed by atoms with Gasteiger partial charge in [0.15, 0.2) is 5.82 Å². The molecule has 186 valence electrons. The van der Waals surface area contributed by atoms with Crippen LogP contribution < -0.4 is 15.4 Å². The molecule has 1 aliphatic carbocycles. The molecule has 0 bridgehead atoms. The zero-order chi connectivity index (χ0) is 25.7. The number of anilines is 2. The topological polar surface area (TPSA) is 122 Å². The predicted octanol–water partition coefficient (Wildman–Crippen LogP) is 1.46. The van der Waals surface area contributed by atoms with E-state index >= 15 is 0 Å². The van der Waals surface area contributed by atoms with Crippen LogP contribution in [0, 0.1) is 29.0 Å². The Kier molecular flexibility index (Phi) is 5.40. The first-order valence-corrected chi connectivity index (χ1v) is 11.9. The fourth-order valence-corrected chi connectivity index (χ4v) is 5.32. The molecule has 0 spiro atoms. The molecule has 1 aliphatic heterocycles. The Hall–Kier alpha value is -4.66. The van der Waals surface area contributed by atoms with E-state index in [-0.39, 0.29) is 17.2 Å². The molecule has 0 N–H and O–H groups in total. The van der Waals surface area contributed by atoms with Crippen LogP contribution in [-0.4, -0.2) is 60.9 Å². The lowest BCUT2D eigenvalue weighted by Crippen LogP contribution is -2.37. The number of benzene rings is 1. The second kappa shape index (κ2) is 8.77. The van der Waals surface area contributed by atoms with Gasteiger partial charge < -0.3 is 9.80 Å². The summed E-state index contributed by atoms with van der Waals surface area (Å²) in [6.45, 7) is 2.06. The van der Waals surface area contributed by atoms with Crippen LogP contribution in [0.5, 0.6) is 0 Å². The van der Waals surface area contributed by atoms with Gasteiger partial charge in [-0.25, -0.2) is 14.1 Å². The first-order valence-electron chi connectivity index (χ1n) is 11.9. The number of halogens is 1. The number of hydrogen-bond acceptors (Lipinski definition) is 9. The van der Waals surface area contributed by atoms with Gasteiger partial charge in [0, 0.05) is 62.9 Å². The van der Waals surface area contributed by atoms with Crippen molar-refractivity contribution < 1.29 is 4.39 Å². The maximum Gasteiger partial charge on any atom is 0.255 e. The number of pyridine rings is 1. The van der Waals surface area contributed by atoms with Crippen LogP contribution >= 0.6 is 0 Å². The molecular weight excluding hydrogens is 475 g/mol. The van der Waals surface area contributed by atoms with Crippen molar-refractivity contribution in [2.45, 2.75) is 12.6 Å². The minimum atomic E-state index is -0.519. The van der Waals surface area contributed by atoms with Crippen LogP contribution in [-0.2, 0) is 13.6 Å². The van der Waals surface area contributed by atoms with Crippen LogP contribution in [0.1, 0.15) is 11.1 Å². The van der Waals surface area contributed by atoms with Crippen LogP contribution in [0.4, 0.5) is 16.3 Å². The van der Waals surface area contributed by atoms with Crippen molar-refractivity contribution >= 4 is 11.9 Å². The van der Waals surface area contributed by atoms with Gasteiger partial charge in [-0.3, -0.25) is 14.3 Å². The van der Waals surface area contributed by atoms with Crippen LogP contribution in [0.15, 0.2) is 53.6 Å². The van der Waals surface area contributed by atoms with E-state index in [4.69, 9.17) is 5.26 Å². The van der Waals surface area contributed by atoms with E-state index in [9.17, 15) is 9.18 Å². The highest BCUT2D eigenvalue weighted by Gasteiger charge is 2.59. The highest BCUT2D eigenvalue weighted by molar-refractivity contribution is 5.60. The normalized spacial score (nSPS) is 19.9. The summed E-state index contributed by atoms with van der Waals surface area (Å²) in [5, 5.41) is 21.3. The maximum absolute atomic E-state index is 14.3. The lowest BCUT2D eigenvalue weighted by molar-refractivity contribution is 0.616. The SMILES string of the molecule is CN(c1nc(-c2ccncc2F)cc(=O)n1C)[C@H]1[C@@H]2CN(c3nnnn3Cc3ccc(C#N)cc3)C[C@@H]21. The number of hydrogen-bond donors (Lipinski definition) is 0. The maximum atomic E-state index is 14.3. The Morgan fingerprint density at radius 1 is 1.19 bits per heavy atom. The van der Waals surface area contributed by atoms with Gasteiger partial charge in [-0.2, -0.15) is 5.26 Å². The van der Waals surface area contributed by atoms with E-state index in [1.807, 2.05) is 24.1 Å². The van der Waals surface area contributed by atoms with Crippen molar-refractivity contribution in [1.29, 1.82) is 5.26 Å². The third-order valence-corrected chi connectivity index (χ3v) is 7.28. The summed E-state index contributed by atoms with van der Waals surface area (Å²) < 4.78 is 17.6. The van der Waals surface area contributed by atoms with Gasteiger partial charge in [-0.15, -0.1) is 0 Å². The lowest BCUT2D eigenvalue weighted by atomic mass is 10.1. The summed E-state index contributed by atoms with van der Waals surface area (Å²) in [6, 6.07) is 12.6. The summed E-state index contributed by atoms with van der Waals surface area (Å²) >= 11 is 0. The minimum Gasteiger partial charge on any atom is -0.342 e. The van der Waals surface area contributed by atoms with E-state index in [1.165, 1.54) is 22.9 Å². The summed E-state index contributed by atoms with van der Waals surface area (Å²) in [5.41, 5.74) is 1.90. The zero-order valence-electron chi connectivity index (χ0n) is 20.2. The number of piperidine rings is 1. The van der Waals surface area contributed by atoms with E-state index < -0.39 is 5.82 Å². The van der Waals surface area contributed by atoms with E-state index in [0.717, 1.165) is 24.8 Å². The van der Waals surface area contributed by atoms with Crippen LogP contribution in [0.2, 0.25) is 0 Å². The molecule has 3 atom stereocenters. The molecule has 37 heavy (non-hydrogen) atoms. The van der Waals surface area contributed by atoms with Crippen molar-refractivity contribution in [3.05, 3.63) is 76.1 Å². The Morgan fingerprint density at radius 2 is 1.95 bits per heavy atom. The number of rotatable bonds is 6. The molecule has 6 rings (SSSR count). The third kappa shape index (κ3) is 3.98. The average molecular weight is 499 g/mol. The fourth-order valence-electron chi connectivity index (χ4n) is 5.32. The summed E-state index contributed by atoms with van der Waals surface area (Å²) in [5.74, 6) is 1.41. The highest BCUT2D eigenvalue weighted by Crippen LogP contribution is 2.50. The van der Waals surface area contributed by atoms with E-state index in [0.29, 0.717) is 41.5 Å². The van der Waals surface area contributed by atoms with Gasteiger partial charge in [-0.05, 0) is 34.2 Å². The quantitative estimate of drug-likeness (QED) is 0.389. The summed E-state index contributed by atoms with van der Waals surface area (Å²) in [7, 11) is 3.60. The van der Waals surface area contributed by atoms with E-state index in [1.54, 1.807) is 23.9 Å². The number of tetrazole rings is 1. The van der Waals surface area contributed by atoms with Gasteiger partial charge in [0.2, 0.25) is 11.9 Å². The smallest absolute Gasteiger partial charge is 0.255 e. The molecule has 11 nitrogen and oxygen atoms in total. The first kappa shape index (κ1) is 22.8. The molecule has 12 heteroatoms. The Morgan fingerprint density at radius 3 is 2.65 bits per heavy atom. The molecule has 4 heterocycles. The fraction of sp³-hybridized carbons (Fsp3) is 0.320. The largest absolute Gasteiger partial charge is 0.342 e. The molecule has 1 aromatic carbocycles. The number of nitrogens with zero attached hydrogens (tertiary/aromatic N) is 10.